The Hall–Kier alpha value is -0.910. The van der Waals surface area contributed by atoms with E-state index in [1.165, 1.54) is 11.3 Å². The molecule has 0 aliphatic carbocycles. The third kappa shape index (κ3) is 2.26. The van der Waals surface area contributed by atoms with E-state index in [2.05, 4.69) is 20.9 Å². The molecule has 0 spiro atoms. The molecule has 0 atom stereocenters. The van der Waals surface area contributed by atoms with Gasteiger partial charge in [-0.25, -0.2) is 4.98 Å². The maximum atomic E-state index is 8.98. The molecule has 1 heterocycles. The van der Waals surface area contributed by atoms with Crippen molar-refractivity contribution in [2.24, 2.45) is 0 Å². The summed E-state index contributed by atoms with van der Waals surface area (Å²) in [6.45, 7) is 0.0367. The van der Waals surface area contributed by atoms with Crippen molar-refractivity contribution in [3.8, 4) is 16.3 Å². The molecule has 0 saturated heterocycles. The van der Waals surface area contributed by atoms with Gasteiger partial charge in [-0.3, -0.25) is 0 Å². The summed E-state index contributed by atoms with van der Waals surface area (Å²) in [7, 11) is 1.63. The largest absolute Gasteiger partial charge is 0.496 e. The van der Waals surface area contributed by atoms with Crippen molar-refractivity contribution < 1.29 is 9.84 Å². The van der Waals surface area contributed by atoms with Gasteiger partial charge in [0.2, 0.25) is 0 Å². The average molecular weight is 300 g/mol. The van der Waals surface area contributed by atoms with Gasteiger partial charge in [0, 0.05) is 11.8 Å². The van der Waals surface area contributed by atoms with Gasteiger partial charge in [0.25, 0.3) is 0 Å². The number of thiazole rings is 1. The van der Waals surface area contributed by atoms with Crippen LogP contribution in [0, 0.1) is 0 Å². The highest BCUT2D eigenvalue weighted by Crippen LogP contribution is 2.32. The van der Waals surface area contributed by atoms with Crippen LogP contribution in [-0.4, -0.2) is 17.2 Å². The standard InChI is InChI=1S/C11H10BrNO2S/c1-15-10-3-2-7(4-9(10)12)11-13-5-8(6-14)16-11/h2-5,14H,6H2,1H3. The van der Waals surface area contributed by atoms with Crippen LogP contribution in [0.25, 0.3) is 10.6 Å². The number of aromatic nitrogens is 1. The van der Waals surface area contributed by atoms with Gasteiger partial charge in [-0.2, -0.15) is 0 Å². The second kappa shape index (κ2) is 4.95. The van der Waals surface area contributed by atoms with Gasteiger partial charge in [0.05, 0.1) is 23.1 Å². The van der Waals surface area contributed by atoms with E-state index in [-0.39, 0.29) is 6.61 Å². The van der Waals surface area contributed by atoms with Gasteiger partial charge in [-0.05, 0) is 34.1 Å². The Bertz CT molecular complexity index is 498. The van der Waals surface area contributed by atoms with Crippen LogP contribution < -0.4 is 4.74 Å². The number of hydrogen-bond acceptors (Lipinski definition) is 4. The fourth-order valence-corrected chi connectivity index (χ4v) is 2.62. The minimum atomic E-state index is 0.0367. The van der Waals surface area contributed by atoms with Crippen molar-refractivity contribution in [3.05, 3.63) is 33.7 Å². The second-order valence-electron chi connectivity index (χ2n) is 3.14. The lowest BCUT2D eigenvalue weighted by atomic mass is 10.2. The first-order valence-electron chi connectivity index (χ1n) is 4.64. The molecule has 0 radical (unpaired) electrons. The summed E-state index contributed by atoms with van der Waals surface area (Å²) in [4.78, 5) is 5.11. The highest BCUT2D eigenvalue weighted by Gasteiger charge is 2.07. The lowest BCUT2D eigenvalue weighted by Gasteiger charge is -2.03. The summed E-state index contributed by atoms with van der Waals surface area (Å²) in [5.41, 5.74) is 1.01. The van der Waals surface area contributed by atoms with Crippen molar-refractivity contribution in [2.75, 3.05) is 7.11 Å². The van der Waals surface area contributed by atoms with Crippen LogP contribution in [0.5, 0.6) is 5.75 Å². The Balaban J connectivity index is 2.37. The Labute approximate surface area is 106 Å². The zero-order chi connectivity index (χ0) is 11.5. The van der Waals surface area contributed by atoms with E-state index in [9.17, 15) is 0 Å². The van der Waals surface area contributed by atoms with Gasteiger partial charge in [0.15, 0.2) is 0 Å². The van der Waals surface area contributed by atoms with Crippen LogP contribution in [0.2, 0.25) is 0 Å². The highest BCUT2D eigenvalue weighted by atomic mass is 79.9. The Kier molecular flexibility index (Phi) is 3.58. The Morgan fingerprint density at radius 3 is 2.88 bits per heavy atom. The quantitative estimate of drug-likeness (QED) is 0.947. The summed E-state index contributed by atoms with van der Waals surface area (Å²) >= 11 is 4.92. The van der Waals surface area contributed by atoms with Gasteiger partial charge in [-0.1, -0.05) is 0 Å². The average Bonchev–Trinajstić information content (AvgIpc) is 2.77. The van der Waals surface area contributed by atoms with Crippen LogP contribution in [0.1, 0.15) is 4.88 Å². The summed E-state index contributed by atoms with van der Waals surface area (Å²) in [5.74, 6) is 0.794. The first-order valence-corrected chi connectivity index (χ1v) is 6.25. The molecular formula is C11H10BrNO2S. The minimum Gasteiger partial charge on any atom is -0.496 e. The van der Waals surface area contributed by atoms with Crippen molar-refractivity contribution in [1.82, 2.24) is 4.98 Å². The van der Waals surface area contributed by atoms with E-state index in [1.807, 2.05) is 18.2 Å². The lowest BCUT2D eigenvalue weighted by Crippen LogP contribution is -1.84. The number of hydrogen-bond donors (Lipinski definition) is 1. The topological polar surface area (TPSA) is 42.4 Å². The Morgan fingerprint density at radius 1 is 1.50 bits per heavy atom. The van der Waals surface area contributed by atoms with E-state index in [0.717, 1.165) is 25.7 Å². The number of nitrogens with zero attached hydrogens (tertiary/aromatic N) is 1. The molecule has 0 aliphatic rings. The van der Waals surface area contributed by atoms with Gasteiger partial charge >= 0.3 is 0 Å². The molecular weight excluding hydrogens is 290 g/mol. The fourth-order valence-electron chi connectivity index (χ4n) is 1.31. The third-order valence-corrected chi connectivity index (χ3v) is 3.76. The fraction of sp³-hybridized carbons (Fsp3) is 0.182. The zero-order valence-electron chi connectivity index (χ0n) is 8.61. The van der Waals surface area contributed by atoms with E-state index < -0.39 is 0 Å². The molecule has 1 aromatic heterocycles. The van der Waals surface area contributed by atoms with E-state index >= 15 is 0 Å². The molecule has 3 nitrogen and oxygen atoms in total. The normalized spacial score (nSPS) is 10.4. The maximum Gasteiger partial charge on any atom is 0.133 e. The van der Waals surface area contributed by atoms with Gasteiger partial charge in [0.1, 0.15) is 10.8 Å². The third-order valence-electron chi connectivity index (χ3n) is 2.11. The number of benzene rings is 1. The molecule has 0 bridgehead atoms. The van der Waals surface area contributed by atoms with E-state index in [4.69, 9.17) is 9.84 Å². The van der Waals surface area contributed by atoms with Crippen molar-refractivity contribution >= 4 is 27.3 Å². The molecule has 0 unspecified atom stereocenters. The van der Waals surface area contributed by atoms with Crippen LogP contribution in [0.4, 0.5) is 0 Å². The number of methoxy groups -OCH3 is 1. The van der Waals surface area contributed by atoms with Crippen LogP contribution in [0.3, 0.4) is 0 Å². The maximum absolute atomic E-state index is 8.98. The number of rotatable bonds is 3. The number of halogens is 1. The molecule has 0 fully saturated rings. The van der Waals surface area contributed by atoms with Crippen LogP contribution in [0.15, 0.2) is 28.9 Å². The minimum absolute atomic E-state index is 0.0367. The molecule has 2 rings (SSSR count). The second-order valence-corrected chi connectivity index (χ2v) is 5.11. The lowest BCUT2D eigenvalue weighted by molar-refractivity contribution is 0.285. The molecule has 0 amide bonds. The van der Waals surface area contributed by atoms with Crippen molar-refractivity contribution in [3.63, 3.8) is 0 Å². The van der Waals surface area contributed by atoms with E-state index in [1.54, 1.807) is 13.3 Å². The predicted octanol–water partition coefficient (Wildman–Crippen LogP) is 3.07. The number of aliphatic hydroxyl groups excluding tert-OH is 1. The first-order chi connectivity index (χ1) is 7.74. The highest BCUT2D eigenvalue weighted by molar-refractivity contribution is 9.10. The van der Waals surface area contributed by atoms with E-state index in [0.29, 0.717) is 0 Å². The molecule has 84 valence electrons. The Morgan fingerprint density at radius 2 is 2.31 bits per heavy atom. The molecule has 0 saturated carbocycles. The summed E-state index contributed by atoms with van der Waals surface area (Å²) in [6.07, 6.45) is 1.69. The first kappa shape index (κ1) is 11.6. The predicted molar refractivity (Wildman–Crippen MR) is 67.7 cm³/mol. The number of ether oxygens (including phenoxy) is 1. The molecule has 16 heavy (non-hydrogen) atoms. The SMILES string of the molecule is COc1ccc(-c2ncc(CO)s2)cc1Br. The van der Waals surface area contributed by atoms with Gasteiger partial charge < -0.3 is 9.84 Å². The molecule has 5 heteroatoms. The zero-order valence-corrected chi connectivity index (χ0v) is 11.0. The number of aliphatic hydroxyl groups is 1. The van der Waals surface area contributed by atoms with Crippen LogP contribution in [-0.2, 0) is 6.61 Å². The van der Waals surface area contributed by atoms with Crippen molar-refractivity contribution in [1.29, 1.82) is 0 Å². The van der Waals surface area contributed by atoms with Crippen molar-refractivity contribution in [2.45, 2.75) is 6.61 Å². The summed E-state index contributed by atoms with van der Waals surface area (Å²) in [6, 6.07) is 5.79. The summed E-state index contributed by atoms with van der Waals surface area (Å²) in [5, 5.41) is 9.87. The summed E-state index contributed by atoms with van der Waals surface area (Å²) < 4.78 is 6.05. The molecule has 1 aromatic carbocycles. The van der Waals surface area contributed by atoms with Crippen LogP contribution >= 0.6 is 27.3 Å². The smallest absolute Gasteiger partial charge is 0.133 e. The monoisotopic (exact) mass is 299 g/mol. The molecule has 0 aliphatic heterocycles. The molecule has 2 aromatic rings. The molecule has 1 N–H and O–H groups in total. The van der Waals surface area contributed by atoms with Gasteiger partial charge in [-0.15, -0.1) is 11.3 Å².